The monoisotopic (exact) mass is 236 g/mol. The van der Waals surface area contributed by atoms with Gasteiger partial charge in [-0.2, -0.15) is 0 Å². The Labute approximate surface area is 103 Å². The van der Waals surface area contributed by atoms with Crippen LogP contribution in [0.1, 0.15) is 25.3 Å². The third-order valence-corrected chi connectivity index (χ3v) is 3.42. The van der Waals surface area contributed by atoms with Gasteiger partial charge in [0.25, 0.3) is 0 Å². The molecule has 1 aliphatic heterocycles. The first-order chi connectivity index (χ1) is 8.25. The Hall–Kier alpha value is -0.930. The van der Waals surface area contributed by atoms with E-state index in [0.717, 1.165) is 18.7 Å². The molecule has 0 amide bonds. The number of benzene rings is 1. The highest BCUT2D eigenvalue weighted by molar-refractivity contribution is 5.15. The molecule has 1 aliphatic rings. The first-order valence-electron chi connectivity index (χ1n) is 6.45. The van der Waals surface area contributed by atoms with Crippen LogP contribution < -0.4 is 5.32 Å². The molecule has 0 bridgehead atoms. The Bertz CT molecular complexity index is 348. The SMILES string of the molecule is CC(CNCc1cccc(F)c1)N1CCCC1. The number of rotatable bonds is 5. The largest absolute Gasteiger partial charge is 0.311 e. The van der Waals surface area contributed by atoms with E-state index < -0.39 is 0 Å². The normalized spacial score (nSPS) is 18.5. The van der Waals surface area contributed by atoms with E-state index in [1.54, 1.807) is 12.1 Å². The molecule has 2 nitrogen and oxygen atoms in total. The first-order valence-corrected chi connectivity index (χ1v) is 6.45. The van der Waals surface area contributed by atoms with Crippen molar-refractivity contribution in [3.05, 3.63) is 35.6 Å². The van der Waals surface area contributed by atoms with Gasteiger partial charge < -0.3 is 5.32 Å². The van der Waals surface area contributed by atoms with Crippen LogP contribution >= 0.6 is 0 Å². The number of nitrogens with one attached hydrogen (secondary N) is 1. The van der Waals surface area contributed by atoms with Crippen molar-refractivity contribution >= 4 is 0 Å². The summed E-state index contributed by atoms with van der Waals surface area (Å²) in [7, 11) is 0. The Kier molecular flexibility index (Phi) is 4.51. The van der Waals surface area contributed by atoms with Crippen LogP contribution in [0.2, 0.25) is 0 Å². The molecule has 17 heavy (non-hydrogen) atoms. The van der Waals surface area contributed by atoms with Crippen molar-refractivity contribution in [2.75, 3.05) is 19.6 Å². The van der Waals surface area contributed by atoms with Gasteiger partial charge in [-0.15, -0.1) is 0 Å². The molecule has 1 aromatic rings. The van der Waals surface area contributed by atoms with E-state index in [2.05, 4.69) is 17.1 Å². The highest BCUT2D eigenvalue weighted by Gasteiger charge is 2.17. The second kappa shape index (κ2) is 6.12. The second-order valence-electron chi connectivity index (χ2n) is 4.85. The predicted molar refractivity (Wildman–Crippen MR) is 68.4 cm³/mol. The van der Waals surface area contributed by atoms with Crippen LogP contribution in [-0.2, 0) is 6.54 Å². The van der Waals surface area contributed by atoms with Gasteiger partial charge in [-0.05, 0) is 50.6 Å². The zero-order chi connectivity index (χ0) is 12.1. The number of halogens is 1. The highest BCUT2D eigenvalue weighted by Crippen LogP contribution is 2.11. The quantitative estimate of drug-likeness (QED) is 0.844. The Morgan fingerprint density at radius 2 is 2.12 bits per heavy atom. The Balaban J connectivity index is 1.71. The van der Waals surface area contributed by atoms with E-state index in [9.17, 15) is 4.39 Å². The summed E-state index contributed by atoms with van der Waals surface area (Å²) in [4.78, 5) is 2.51. The molecule has 1 aromatic carbocycles. The minimum absolute atomic E-state index is 0.156. The minimum Gasteiger partial charge on any atom is -0.311 e. The molecule has 0 aliphatic carbocycles. The van der Waals surface area contributed by atoms with Crippen molar-refractivity contribution in [3.8, 4) is 0 Å². The van der Waals surface area contributed by atoms with Gasteiger partial charge >= 0.3 is 0 Å². The summed E-state index contributed by atoms with van der Waals surface area (Å²) in [6.07, 6.45) is 2.66. The van der Waals surface area contributed by atoms with Crippen molar-refractivity contribution < 1.29 is 4.39 Å². The third kappa shape index (κ3) is 3.79. The maximum absolute atomic E-state index is 13.0. The topological polar surface area (TPSA) is 15.3 Å². The van der Waals surface area contributed by atoms with Crippen molar-refractivity contribution in [1.82, 2.24) is 10.2 Å². The highest BCUT2D eigenvalue weighted by atomic mass is 19.1. The van der Waals surface area contributed by atoms with Crippen molar-refractivity contribution in [2.45, 2.75) is 32.4 Å². The fourth-order valence-electron chi connectivity index (χ4n) is 2.38. The molecule has 0 radical (unpaired) electrons. The third-order valence-electron chi connectivity index (χ3n) is 3.42. The van der Waals surface area contributed by atoms with Crippen LogP contribution in [0.25, 0.3) is 0 Å². The smallest absolute Gasteiger partial charge is 0.123 e. The van der Waals surface area contributed by atoms with E-state index >= 15 is 0 Å². The summed E-state index contributed by atoms with van der Waals surface area (Å²) < 4.78 is 13.0. The fraction of sp³-hybridized carbons (Fsp3) is 0.571. The van der Waals surface area contributed by atoms with Crippen LogP contribution in [0.3, 0.4) is 0 Å². The molecular weight excluding hydrogens is 215 g/mol. The van der Waals surface area contributed by atoms with Gasteiger partial charge in [0.15, 0.2) is 0 Å². The predicted octanol–water partition coefficient (Wildman–Crippen LogP) is 2.40. The lowest BCUT2D eigenvalue weighted by Crippen LogP contribution is -2.38. The van der Waals surface area contributed by atoms with E-state index in [0.29, 0.717) is 6.04 Å². The van der Waals surface area contributed by atoms with Crippen molar-refractivity contribution in [1.29, 1.82) is 0 Å². The summed E-state index contributed by atoms with van der Waals surface area (Å²) >= 11 is 0. The average molecular weight is 236 g/mol. The number of hydrogen-bond acceptors (Lipinski definition) is 2. The van der Waals surface area contributed by atoms with Crippen LogP contribution in [-0.4, -0.2) is 30.6 Å². The molecule has 1 unspecified atom stereocenters. The number of likely N-dealkylation sites (tertiary alicyclic amines) is 1. The van der Waals surface area contributed by atoms with E-state index in [4.69, 9.17) is 0 Å². The number of hydrogen-bond donors (Lipinski definition) is 1. The molecule has 0 aromatic heterocycles. The maximum atomic E-state index is 13.0. The molecule has 2 rings (SSSR count). The lowest BCUT2D eigenvalue weighted by molar-refractivity contribution is 0.251. The second-order valence-corrected chi connectivity index (χ2v) is 4.85. The van der Waals surface area contributed by atoms with Crippen LogP contribution in [0.4, 0.5) is 4.39 Å². The van der Waals surface area contributed by atoms with Gasteiger partial charge in [0.2, 0.25) is 0 Å². The minimum atomic E-state index is -0.156. The molecule has 94 valence electrons. The summed E-state index contributed by atoms with van der Waals surface area (Å²) in [5.74, 6) is -0.156. The zero-order valence-electron chi connectivity index (χ0n) is 10.5. The Morgan fingerprint density at radius 1 is 1.35 bits per heavy atom. The van der Waals surface area contributed by atoms with Gasteiger partial charge in [0.05, 0.1) is 0 Å². The molecule has 1 saturated heterocycles. The summed E-state index contributed by atoms with van der Waals surface area (Å²) in [6.45, 7) is 6.42. The summed E-state index contributed by atoms with van der Waals surface area (Å²) in [5.41, 5.74) is 1.01. The molecule has 1 N–H and O–H groups in total. The molecule has 1 atom stereocenters. The summed E-state index contributed by atoms with van der Waals surface area (Å²) in [5, 5.41) is 3.40. The first kappa shape index (κ1) is 12.5. The van der Waals surface area contributed by atoms with Gasteiger partial charge in [-0.25, -0.2) is 4.39 Å². The fourth-order valence-corrected chi connectivity index (χ4v) is 2.38. The number of nitrogens with zero attached hydrogens (tertiary/aromatic N) is 1. The van der Waals surface area contributed by atoms with Crippen LogP contribution in [0, 0.1) is 5.82 Å². The maximum Gasteiger partial charge on any atom is 0.123 e. The lowest BCUT2D eigenvalue weighted by atomic mass is 10.2. The van der Waals surface area contributed by atoms with Crippen LogP contribution in [0.5, 0.6) is 0 Å². The van der Waals surface area contributed by atoms with Gasteiger partial charge in [0, 0.05) is 19.1 Å². The zero-order valence-corrected chi connectivity index (χ0v) is 10.5. The van der Waals surface area contributed by atoms with E-state index in [1.165, 1.54) is 32.0 Å². The summed E-state index contributed by atoms with van der Waals surface area (Å²) in [6, 6.07) is 7.36. The molecule has 1 heterocycles. The molecule has 0 saturated carbocycles. The standard InChI is InChI=1S/C14H21FN2/c1-12(17-7-2-3-8-17)10-16-11-13-5-4-6-14(15)9-13/h4-6,9,12,16H,2-3,7-8,10-11H2,1H3. The lowest BCUT2D eigenvalue weighted by Gasteiger charge is -2.23. The molecule has 0 spiro atoms. The van der Waals surface area contributed by atoms with Crippen molar-refractivity contribution in [2.24, 2.45) is 0 Å². The van der Waals surface area contributed by atoms with Gasteiger partial charge in [-0.3, -0.25) is 4.90 Å². The van der Waals surface area contributed by atoms with Crippen LogP contribution in [0.15, 0.2) is 24.3 Å². The van der Waals surface area contributed by atoms with Gasteiger partial charge in [0.1, 0.15) is 5.82 Å². The molecular formula is C14H21FN2. The van der Waals surface area contributed by atoms with Gasteiger partial charge in [-0.1, -0.05) is 12.1 Å². The van der Waals surface area contributed by atoms with E-state index in [1.807, 2.05) is 6.07 Å². The molecule has 1 fully saturated rings. The average Bonchev–Trinajstić information content (AvgIpc) is 2.82. The Morgan fingerprint density at radius 3 is 2.82 bits per heavy atom. The molecule has 3 heteroatoms. The van der Waals surface area contributed by atoms with Crippen molar-refractivity contribution in [3.63, 3.8) is 0 Å². The van der Waals surface area contributed by atoms with E-state index in [-0.39, 0.29) is 5.82 Å².